The lowest BCUT2D eigenvalue weighted by Gasteiger charge is -2.18. The second-order valence-corrected chi connectivity index (χ2v) is 10.4. The smallest absolute Gasteiger partial charge is 0.126 e. The molecule has 5 atom stereocenters. The Balaban J connectivity index is 0.000000479. The minimum atomic E-state index is -0.412. The molecule has 0 saturated heterocycles. The Kier molecular flexibility index (Phi) is 11.9. The van der Waals surface area contributed by atoms with Crippen LogP contribution in [-0.4, -0.2) is 40.6 Å². The number of fused-ring (bicyclic) bond motifs is 3. The van der Waals surface area contributed by atoms with Crippen molar-refractivity contribution in [1.29, 1.82) is 0 Å². The standard InChI is InChI=1S/C23H34O3.C6H15N/c1-3-5-7-11-17(24)13-14-18-20(25)15-21-22(18)19-12-8-10-16(9-6-4-2)23(19)26-21;1-5(2)7-6(3)4/h8,10,12-14,17-18,20-22,24-25H,3-7,9,11,15H2,1-2H3;5-7H,1-4H3/t17-,18-,20+,21-,22-;/m0./s1. The summed E-state index contributed by atoms with van der Waals surface area (Å²) in [5.74, 6) is 1.30. The van der Waals surface area contributed by atoms with Gasteiger partial charge < -0.3 is 20.3 Å². The molecule has 0 unspecified atom stereocenters. The van der Waals surface area contributed by atoms with E-state index in [1.165, 1.54) is 24.0 Å². The van der Waals surface area contributed by atoms with Gasteiger partial charge in [-0.2, -0.15) is 0 Å². The van der Waals surface area contributed by atoms with E-state index in [4.69, 9.17) is 4.74 Å². The molecular weight excluding hydrogens is 410 g/mol. The molecule has 2 aliphatic rings. The monoisotopic (exact) mass is 459 g/mol. The quantitative estimate of drug-likeness (QED) is 0.274. The molecule has 1 saturated carbocycles. The fourth-order valence-electron chi connectivity index (χ4n) is 5.16. The Morgan fingerprint density at radius 1 is 1.06 bits per heavy atom. The zero-order chi connectivity index (χ0) is 24.4. The van der Waals surface area contributed by atoms with E-state index in [0.29, 0.717) is 18.5 Å². The van der Waals surface area contributed by atoms with Crippen molar-refractivity contribution in [2.45, 2.75) is 129 Å². The van der Waals surface area contributed by atoms with Crippen molar-refractivity contribution >= 4 is 0 Å². The number of nitrogens with one attached hydrogen (secondary N) is 1. The molecule has 0 amide bonds. The number of unbranched alkanes of at least 4 members (excludes halogenated alkanes) is 3. The van der Waals surface area contributed by atoms with Crippen molar-refractivity contribution in [3.63, 3.8) is 0 Å². The number of hydrogen-bond acceptors (Lipinski definition) is 4. The van der Waals surface area contributed by atoms with Gasteiger partial charge in [0.05, 0.1) is 12.2 Å². The molecule has 4 nitrogen and oxygen atoms in total. The van der Waals surface area contributed by atoms with Crippen LogP contribution in [0.3, 0.4) is 0 Å². The molecule has 3 N–H and O–H groups in total. The van der Waals surface area contributed by atoms with Crippen molar-refractivity contribution in [3.8, 4) is 5.75 Å². The first-order valence-electron chi connectivity index (χ1n) is 13.4. The van der Waals surface area contributed by atoms with Gasteiger partial charge >= 0.3 is 0 Å². The van der Waals surface area contributed by atoms with Crippen LogP contribution in [0.4, 0.5) is 0 Å². The Labute approximate surface area is 202 Å². The van der Waals surface area contributed by atoms with Gasteiger partial charge in [-0.25, -0.2) is 0 Å². The van der Waals surface area contributed by atoms with Gasteiger partial charge in [0, 0.05) is 35.9 Å². The third kappa shape index (κ3) is 8.42. The summed E-state index contributed by atoms with van der Waals surface area (Å²) < 4.78 is 6.29. The fraction of sp³-hybridized carbons (Fsp3) is 0.724. The van der Waals surface area contributed by atoms with E-state index < -0.39 is 12.2 Å². The summed E-state index contributed by atoms with van der Waals surface area (Å²) in [5, 5.41) is 24.1. The number of para-hydroxylation sites is 1. The van der Waals surface area contributed by atoms with Crippen LogP contribution in [0.1, 0.15) is 104 Å². The van der Waals surface area contributed by atoms with Crippen LogP contribution in [0.15, 0.2) is 30.4 Å². The summed E-state index contributed by atoms with van der Waals surface area (Å²) >= 11 is 0. The summed E-state index contributed by atoms with van der Waals surface area (Å²) in [6.07, 6.45) is 11.4. The lowest BCUT2D eigenvalue weighted by Crippen LogP contribution is -2.29. The molecule has 1 fully saturated rings. The minimum absolute atomic E-state index is 0.0310. The highest BCUT2D eigenvalue weighted by Crippen LogP contribution is 2.52. The lowest BCUT2D eigenvalue weighted by atomic mass is 9.86. The van der Waals surface area contributed by atoms with Crippen molar-refractivity contribution in [1.82, 2.24) is 5.32 Å². The van der Waals surface area contributed by atoms with Crippen molar-refractivity contribution in [2.75, 3.05) is 0 Å². The first kappa shape index (κ1) is 27.9. The summed E-state index contributed by atoms with van der Waals surface area (Å²) in [5.41, 5.74) is 2.55. The SMILES string of the molecule is CC(C)NC(C)C.CCCCC[C@H](O)C=C[C@@H]1[C@H]2c3cccc(CCCC)c3O[C@H]2C[C@H]1O. The second-order valence-electron chi connectivity index (χ2n) is 10.4. The van der Waals surface area contributed by atoms with E-state index in [2.05, 4.69) is 65.1 Å². The maximum Gasteiger partial charge on any atom is 0.126 e. The topological polar surface area (TPSA) is 61.7 Å². The maximum atomic E-state index is 10.5. The second kappa shape index (κ2) is 14.1. The lowest BCUT2D eigenvalue weighted by molar-refractivity contribution is 0.135. The zero-order valence-corrected chi connectivity index (χ0v) is 21.9. The van der Waals surface area contributed by atoms with Gasteiger partial charge in [0.15, 0.2) is 0 Å². The predicted octanol–water partition coefficient (Wildman–Crippen LogP) is 6.14. The summed E-state index contributed by atoms with van der Waals surface area (Å²) in [6.45, 7) is 13.0. The van der Waals surface area contributed by atoms with Gasteiger partial charge in [0.25, 0.3) is 0 Å². The molecule has 1 heterocycles. The Bertz CT molecular complexity index is 709. The van der Waals surface area contributed by atoms with Crippen LogP contribution in [0.5, 0.6) is 5.75 Å². The molecular formula is C29H49NO3. The van der Waals surface area contributed by atoms with Crippen molar-refractivity contribution < 1.29 is 14.9 Å². The van der Waals surface area contributed by atoms with Gasteiger partial charge in [0.1, 0.15) is 11.9 Å². The molecule has 188 valence electrons. The van der Waals surface area contributed by atoms with Crippen LogP contribution in [0.2, 0.25) is 0 Å². The number of benzene rings is 1. The molecule has 3 rings (SSSR count). The average Bonchev–Trinajstić information content (AvgIpc) is 3.25. The number of ether oxygens (including phenoxy) is 1. The largest absolute Gasteiger partial charge is 0.489 e. The normalized spacial score (nSPS) is 24.5. The number of rotatable bonds is 11. The van der Waals surface area contributed by atoms with Gasteiger partial charge in [-0.1, -0.05) is 97.6 Å². The Hall–Kier alpha value is -1.36. The highest BCUT2D eigenvalue weighted by Gasteiger charge is 2.48. The predicted molar refractivity (Wildman–Crippen MR) is 139 cm³/mol. The minimum Gasteiger partial charge on any atom is -0.489 e. The van der Waals surface area contributed by atoms with Crippen molar-refractivity contribution in [2.24, 2.45) is 5.92 Å². The number of aryl methyl sites for hydroxylation is 1. The van der Waals surface area contributed by atoms with E-state index in [9.17, 15) is 10.2 Å². The molecule has 1 aliphatic heterocycles. The van der Waals surface area contributed by atoms with Crippen LogP contribution in [0.25, 0.3) is 0 Å². The van der Waals surface area contributed by atoms with Crippen LogP contribution < -0.4 is 10.1 Å². The molecule has 0 aromatic heterocycles. The first-order chi connectivity index (χ1) is 15.8. The van der Waals surface area contributed by atoms with E-state index >= 15 is 0 Å². The zero-order valence-electron chi connectivity index (χ0n) is 21.9. The van der Waals surface area contributed by atoms with E-state index in [1.54, 1.807) is 0 Å². The van der Waals surface area contributed by atoms with Gasteiger partial charge in [0.2, 0.25) is 0 Å². The van der Waals surface area contributed by atoms with E-state index in [1.807, 2.05) is 12.2 Å². The van der Waals surface area contributed by atoms with Gasteiger partial charge in [-0.15, -0.1) is 0 Å². The maximum absolute atomic E-state index is 10.5. The third-order valence-electron chi connectivity index (χ3n) is 6.61. The molecule has 0 radical (unpaired) electrons. The molecule has 33 heavy (non-hydrogen) atoms. The van der Waals surface area contributed by atoms with Crippen LogP contribution >= 0.6 is 0 Å². The molecule has 1 aromatic carbocycles. The average molecular weight is 460 g/mol. The summed E-state index contributed by atoms with van der Waals surface area (Å²) in [6, 6.07) is 7.71. The van der Waals surface area contributed by atoms with E-state index in [0.717, 1.165) is 37.9 Å². The fourth-order valence-corrected chi connectivity index (χ4v) is 5.16. The molecule has 0 spiro atoms. The first-order valence-corrected chi connectivity index (χ1v) is 13.4. The molecule has 1 aromatic rings. The van der Waals surface area contributed by atoms with Crippen molar-refractivity contribution in [3.05, 3.63) is 41.5 Å². The number of aliphatic hydroxyl groups excluding tert-OH is 2. The highest BCUT2D eigenvalue weighted by molar-refractivity contribution is 5.49. The summed E-state index contributed by atoms with van der Waals surface area (Å²) in [7, 11) is 0. The van der Waals surface area contributed by atoms with E-state index in [-0.39, 0.29) is 17.9 Å². The Morgan fingerprint density at radius 2 is 1.76 bits per heavy atom. The summed E-state index contributed by atoms with van der Waals surface area (Å²) in [4.78, 5) is 0. The van der Waals surface area contributed by atoms with Gasteiger partial charge in [-0.05, 0) is 24.8 Å². The molecule has 0 bridgehead atoms. The number of hydrogen-bond donors (Lipinski definition) is 3. The third-order valence-corrected chi connectivity index (χ3v) is 6.61. The number of aliphatic hydroxyl groups is 2. The molecule has 4 heteroatoms. The van der Waals surface area contributed by atoms with Gasteiger partial charge in [-0.3, -0.25) is 0 Å². The van der Waals surface area contributed by atoms with Crippen LogP contribution in [-0.2, 0) is 6.42 Å². The molecule has 1 aliphatic carbocycles. The Morgan fingerprint density at radius 3 is 2.36 bits per heavy atom. The van der Waals surface area contributed by atoms with Crippen LogP contribution in [0, 0.1) is 5.92 Å². The highest BCUT2D eigenvalue weighted by atomic mass is 16.5.